The molecule has 0 radical (unpaired) electrons. The maximum atomic E-state index is 14.2. The van der Waals surface area contributed by atoms with E-state index in [9.17, 15) is 14.0 Å². The number of halogens is 1. The van der Waals surface area contributed by atoms with Crippen molar-refractivity contribution in [2.45, 2.75) is 6.42 Å². The van der Waals surface area contributed by atoms with Crippen LogP contribution < -0.4 is 10.2 Å². The number of nitrogens with one attached hydrogen (secondary N) is 1. The lowest BCUT2D eigenvalue weighted by Crippen LogP contribution is -2.25. The minimum Gasteiger partial charge on any atom is -0.464 e. The van der Waals surface area contributed by atoms with Gasteiger partial charge in [-0.3, -0.25) is 19.9 Å². The van der Waals surface area contributed by atoms with Crippen LogP contribution in [-0.4, -0.2) is 24.1 Å². The SMILES string of the molecule is O=C1NC(=O)C(c2ccc(F)c3ccoc23)=C1C1=NC=CN2CCc3cccc1c32. The van der Waals surface area contributed by atoms with Crippen molar-refractivity contribution in [3.05, 3.63) is 83.1 Å². The number of benzene rings is 2. The molecule has 6 nitrogen and oxygen atoms in total. The molecule has 0 saturated carbocycles. The van der Waals surface area contributed by atoms with Gasteiger partial charge in [-0.05, 0) is 30.2 Å². The van der Waals surface area contributed by atoms with E-state index in [1.807, 2.05) is 18.3 Å². The second-order valence-electron chi connectivity index (χ2n) is 7.32. The summed E-state index contributed by atoms with van der Waals surface area (Å²) in [5.41, 5.74) is 4.22. The molecule has 0 fully saturated rings. The predicted octanol–water partition coefficient (Wildman–Crippen LogP) is 3.32. The first-order valence-electron chi connectivity index (χ1n) is 9.53. The molecule has 0 aliphatic carbocycles. The van der Waals surface area contributed by atoms with E-state index in [-0.39, 0.29) is 22.1 Å². The van der Waals surface area contributed by atoms with Crippen LogP contribution in [0.3, 0.4) is 0 Å². The van der Waals surface area contributed by atoms with E-state index in [4.69, 9.17) is 4.42 Å². The largest absolute Gasteiger partial charge is 0.464 e. The summed E-state index contributed by atoms with van der Waals surface area (Å²) >= 11 is 0. The fourth-order valence-electron chi connectivity index (χ4n) is 4.45. The highest BCUT2D eigenvalue weighted by Crippen LogP contribution is 2.38. The first-order valence-corrected chi connectivity index (χ1v) is 9.53. The van der Waals surface area contributed by atoms with Gasteiger partial charge in [0.1, 0.15) is 11.4 Å². The molecule has 0 atom stereocenters. The number of aliphatic imine (C=N–C) groups is 1. The highest BCUT2D eigenvalue weighted by molar-refractivity contribution is 6.48. The molecule has 0 bridgehead atoms. The van der Waals surface area contributed by atoms with Gasteiger partial charge in [0.05, 0.1) is 34.2 Å². The van der Waals surface area contributed by atoms with E-state index < -0.39 is 17.6 Å². The summed E-state index contributed by atoms with van der Waals surface area (Å²) < 4.78 is 19.6. The monoisotopic (exact) mass is 399 g/mol. The second-order valence-corrected chi connectivity index (χ2v) is 7.32. The van der Waals surface area contributed by atoms with Gasteiger partial charge in [-0.1, -0.05) is 18.2 Å². The van der Waals surface area contributed by atoms with Crippen LogP contribution in [0.1, 0.15) is 16.7 Å². The van der Waals surface area contributed by atoms with E-state index in [0.717, 1.165) is 29.8 Å². The lowest BCUT2D eigenvalue weighted by molar-refractivity contribution is -0.123. The van der Waals surface area contributed by atoms with Crippen LogP contribution in [0.4, 0.5) is 10.1 Å². The third-order valence-electron chi connectivity index (χ3n) is 5.74. The normalized spacial score (nSPS) is 17.5. The fraction of sp³-hybridized carbons (Fsp3) is 0.0870. The Kier molecular flexibility index (Phi) is 3.38. The van der Waals surface area contributed by atoms with E-state index in [1.54, 1.807) is 6.20 Å². The number of nitrogens with zero attached hydrogens (tertiary/aromatic N) is 2. The van der Waals surface area contributed by atoms with Crippen LogP contribution in [0.5, 0.6) is 0 Å². The van der Waals surface area contributed by atoms with Crippen molar-refractivity contribution in [2.75, 3.05) is 11.4 Å². The Balaban J connectivity index is 1.65. The van der Waals surface area contributed by atoms with Gasteiger partial charge >= 0.3 is 0 Å². The minimum atomic E-state index is -0.556. The molecule has 146 valence electrons. The Morgan fingerprint density at radius 3 is 2.80 bits per heavy atom. The zero-order chi connectivity index (χ0) is 20.4. The Hall–Kier alpha value is -4.00. The van der Waals surface area contributed by atoms with Gasteiger partial charge in [-0.15, -0.1) is 0 Å². The third kappa shape index (κ3) is 2.20. The maximum absolute atomic E-state index is 14.2. The Morgan fingerprint density at radius 2 is 1.90 bits per heavy atom. The molecule has 4 heterocycles. The summed E-state index contributed by atoms with van der Waals surface area (Å²) in [5.74, 6) is -1.55. The highest BCUT2D eigenvalue weighted by Gasteiger charge is 2.38. The number of fused-ring (bicyclic) bond motifs is 1. The molecule has 3 aliphatic rings. The molecule has 2 aromatic carbocycles. The second kappa shape index (κ2) is 6.00. The molecule has 0 spiro atoms. The van der Waals surface area contributed by atoms with Gasteiger partial charge in [-0.25, -0.2) is 4.39 Å². The number of furan rings is 1. The number of amides is 2. The third-order valence-corrected chi connectivity index (χ3v) is 5.74. The summed E-state index contributed by atoms with van der Waals surface area (Å²) in [5, 5.41) is 2.62. The van der Waals surface area contributed by atoms with E-state index >= 15 is 0 Å². The number of para-hydroxylation sites is 1. The Bertz CT molecular complexity index is 1380. The van der Waals surface area contributed by atoms with Gasteiger partial charge in [0.25, 0.3) is 11.8 Å². The molecule has 30 heavy (non-hydrogen) atoms. The number of anilines is 1. The average Bonchev–Trinajstić information content (AvgIpc) is 3.41. The molecule has 0 unspecified atom stereocenters. The number of carbonyl (C=O) groups is 2. The molecule has 2 amide bonds. The van der Waals surface area contributed by atoms with Crippen LogP contribution in [-0.2, 0) is 16.0 Å². The van der Waals surface area contributed by atoms with Crippen molar-refractivity contribution in [1.82, 2.24) is 5.32 Å². The first-order chi connectivity index (χ1) is 14.6. The van der Waals surface area contributed by atoms with Crippen molar-refractivity contribution in [2.24, 2.45) is 4.99 Å². The van der Waals surface area contributed by atoms with E-state index in [0.29, 0.717) is 11.3 Å². The van der Waals surface area contributed by atoms with Crippen LogP contribution in [0.25, 0.3) is 16.5 Å². The van der Waals surface area contributed by atoms with Crippen LogP contribution in [0, 0.1) is 5.82 Å². The quantitative estimate of drug-likeness (QED) is 0.671. The minimum absolute atomic E-state index is 0.135. The highest BCUT2D eigenvalue weighted by atomic mass is 19.1. The average molecular weight is 399 g/mol. The summed E-state index contributed by atoms with van der Waals surface area (Å²) in [7, 11) is 0. The van der Waals surface area contributed by atoms with Crippen molar-refractivity contribution < 1.29 is 18.4 Å². The first kappa shape index (κ1) is 16.9. The van der Waals surface area contributed by atoms with Gasteiger partial charge < -0.3 is 9.32 Å². The number of imide groups is 1. The Labute approximate surface area is 170 Å². The topological polar surface area (TPSA) is 74.9 Å². The van der Waals surface area contributed by atoms with Gasteiger partial charge in [0.2, 0.25) is 0 Å². The van der Waals surface area contributed by atoms with Gasteiger partial charge in [0.15, 0.2) is 0 Å². The predicted molar refractivity (Wildman–Crippen MR) is 109 cm³/mol. The van der Waals surface area contributed by atoms with Crippen molar-refractivity contribution in [1.29, 1.82) is 0 Å². The molecule has 7 heteroatoms. The lowest BCUT2D eigenvalue weighted by Gasteiger charge is -2.17. The summed E-state index contributed by atoms with van der Waals surface area (Å²) in [6.45, 7) is 0.827. The number of rotatable bonds is 2. The zero-order valence-corrected chi connectivity index (χ0v) is 15.6. The molecular weight excluding hydrogens is 385 g/mol. The molecule has 0 saturated heterocycles. The maximum Gasteiger partial charge on any atom is 0.261 e. The van der Waals surface area contributed by atoms with Crippen LogP contribution in [0.15, 0.2) is 70.0 Å². The number of hydrogen-bond acceptors (Lipinski definition) is 5. The Morgan fingerprint density at radius 1 is 1.03 bits per heavy atom. The summed E-state index contributed by atoms with van der Waals surface area (Å²) in [6, 6.07) is 10.1. The molecule has 1 aromatic heterocycles. The van der Waals surface area contributed by atoms with Crippen molar-refractivity contribution in [3.63, 3.8) is 0 Å². The standard InChI is InChI=1S/C23H14FN3O3/c24-16-5-4-14(21-13(16)7-11-30-21)17-18(23(29)26-22(17)28)19-15-3-1-2-12-6-9-27(20(12)15)10-8-25-19/h1-5,7-8,10-11H,6,9H2,(H,26,28,29). The van der Waals surface area contributed by atoms with Crippen molar-refractivity contribution in [3.8, 4) is 0 Å². The number of carbonyl (C=O) groups excluding carboxylic acids is 2. The molecule has 1 N–H and O–H groups in total. The van der Waals surface area contributed by atoms with Crippen LogP contribution >= 0.6 is 0 Å². The van der Waals surface area contributed by atoms with Gasteiger partial charge in [0, 0.05) is 30.1 Å². The molecular formula is C23H14FN3O3. The fourth-order valence-corrected chi connectivity index (χ4v) is 4.45. The summed E-state index contributed by atoms with van der Waals surface area (Å²) in [4.78, 5) is 32.4. The van der Waals surface area contributed by atoms with E-state index in [2.05, 4.69) is 21.3 Å². The molecule has 6 rings (SSSR count). The summed E-state index contributed by atoms with van der Waals surface area (Å²) in [6.07, 6.45) is 5.76. The van der Waals surface area contributed by atoms with Crippen molar-refractivity contribution >= 4 is 39.8 Å². The molecule has 3 aromatic rings. The smallest absolute Gasteiger partial charge is 0.261 e. The van der Waals surface area contributed by atoms with Crippen LogP contribution in [0.2, 0.25) is 0 Å². The van der Waals surface area contributed by atoms with E-state index in [1.165, 1.54) is 24.5 Å². The zero-order valence-electron chi connectivity index (χ0n) is 15.6. The lowest BCUT2D eigenvalue weighted by atomic mass is 9.92. The molecule has 3 aliphatic heterocycles. The van der Waals surface area contributed by atoms with Gasteiger partial charge in [-0.2, -0.15) is 0 Å². The number of hydrogen-bond donors (Lipinski definition) is 1.